The van der Waals surface area contributed by atoms with Gasteiger partial charge in [0.2, 0.25) is 0 Å². The molecule has 1 heterocycles. The molecular formula is C13H21N3O. The van der Waals surface area contributed by atoms with Crippen molar-refractivity contribution >= 4 is 0 Å². The second-order valence-electron chi connectivity index (χ2n) is 5.66. The predicted molar refractivity (Wildman–Crippen MR) is 64.5 cm³/mol. The van der Waals surface area contributed by atoms with E-state index in [1.54, 1.807) is 0 Å². The molecule has 1 aliphatic heterocycles. The summed E-state index contributed by atoms with van der Waals surface area (Å²) in [6.45, 7) is 4.46. The molecule has 4 heteroatoms. The lowest BCUT2D eigenvalue weighted by Crippen LogP contribution is -2.56. The average molecular weight is 235 g/mol. The van der Waals surface area contributed by atoms with Gasteiger partial charge in [-0.3, -0.25) is 10.2 Å². The molecule has 1 atom stereocenters. The minimum absolute atomic E-state index is 0.279. The monoisotopic (exact) mass is 235 g/mol. The van der Waals surface area contributed by atoms with Crippen LogP contribution in [0.2, 0.25) is 0 Å². The van der Waals surface area contributed by atoms with E-state index >= 15 is 0 Å². The van der Waals surface area contributed by atoms with Gasteiger partial charge in [-0.05, 0) is 31.6 Å². The molecule has 94 valence electrons. The molecule has 1 N–H and O–H groups in total. The molecule has 1 unspecified atom stereocenters. The van der Waals surface area contributed by atoms with Crippen molar-refractivity contribution in [1.82, 2.24) is 10.2 Å². The van der Waals surface area contributed by atoms with Crippen molar-refractivity contribution in [2.24, 2.45) is 5.92 Å². The van der Waals surface area contributed by atoms with Crippen LogP contribution in [0.3, 0.4) is 0 Å². The fourth-order valence-corrected chi connectivity index (χ4v) is 2.73. The minimum Gasteiger partial charge on any atom is -0.379 e. The summed E-state index contributed by atoms with van der Waals surface area (Å²) in [5.41, 5.74) is -0.279. The van der Waals surface area contributed by atoms with E-state index in [0.717, 1.165) is 32.8 Å². The Bertz CT molecular complexity index is 313. The van der Waals surface area contributed by atoms with E-state index in [0.29, 0.717) is 12.0 Å². The zero-order valence-electron chi connectivity index (χ0n) is 10.3. The highest BCUT2D eigenvalue weighted by Crippen LogP contribution is 2.41. The van der Waals surface area contributed by atoms with Gasteiger partial charge >= 0.3 is 0 Å². The Kier molecular flexibility index (Phi) is 3.08. The lowest BCUT2D eigenvalue weighted by Gasteiger charge is -2.36. The zero-order chi connectivity index (χ0) is 11.7. The number of hydrogen-bond donors (Lipinski definition) is 1. The lowest BCUT2D eigenvalue weighted by atomic mass is 9.93. The topological polar surface area (TPSA) is 48.3 Å². The normalized spacial score (nSPS) is 29.6. The standard InChI is InChI=1S/C13H21N3O/c14-9-13(11-1-2-11,15-12-3-4-12)10-16-5-7-17-8-6-16/h11-12,15H,1-8,10H2. The molecule has 3 fully saturated rings. The maximum Gasteiger partial charge on any atom is 0.122 e. The predicted octanol–water partition coefficient (Wildman–Crippen LogP) is 0.743. The smallest absolute Gasteiger partial charge is 0.122 e. The molecule has 0 spiro atoms. The van der Waals surface area contributed by atoms with Gasteiger partial charge in [-0.1, -0.05) is 0 Å². The molecule has 1 saturated heterocycles. The Balaban J connectivity index is 1.66. The molecule has 0 aromatic rings. The second-order valence-corrected chi connectivity index (χ2v) is 5.66. The molecule has 0 aromatic heterocycles. The fraction of sp³-hybridized carbons (Fsp3) is 0.923. The third kappa shape index (κ3) is 2.62. The quantitative estimate of drug-likeness (QED) is 0.763. The van der Waals surface area contributed by atoms with Crippen LogP contribution in [0, 0.1) is 17.2 Å². The van der Waals surface area contributed by atoms with Gasteiger partial charge in [0.25, 0.3) is 0 Å². The van der Waals surface area contributed by atoms with Crippen molar-refractivity contribution in [2.45, 2.75) is 37.3 Å². The molecule has 0 aromatic carbocycles. The first-order valence-corrected chi connectivity index (χ1v) is 6.81. The van der Waals surface area contributed by atoms with Crippen molar-refractivity contribution in [3.63, 3.8) is 0 Å². The summed E-state index contributed by atoms with van der Waals surface area (Å²) in [5, 5.41) is 13.2. The second kappa shape index (κ2) is 4.56. The van der Waals surface area contributed by atoms with Crippen LogP contribution in [0.15, 0.2) is 0 Å². The Hall–Kier alpha value is -0.630. The third-order valence-electron chi connectivity index (χ3n) is 4.09. The van der Waals surface area contributed by atoms with Crippen molar-refractivity contribution in [3.8, 4) is 6.07 Å². The maximum atomic E-state index is 9.62. The van der Waals surface area contributed by atoms with Crippen LogP contribution in [-0.4, -0.2) is 49.3 Å². The van der Waals surface area contributed by atoms with Crippen molar-refractivity contribution in [3.05, 3.63) is 0 Å². The molecular weight excluding hydrogens is 214 g/mol. The molecule has 17 heavy (non-hydrogen) atoms. The van der Waals surface area contributed by atoms with E-state index in [2.05, 4.69) is 16.3 Å². The maximum absolute atomic E-state index is 9.62. The van der Waals surface area contributed by atoms with Crippen LogP contribution in [0.4, 0.5) is 0 Å². The van der Waals surface area contributed by atoms with E-state index in [9.17, 15) is 5.26 Å². The van der Waals surface area contributed by atoms with Gasteiger partial charge in [0, 0.05) is 25.7 Å². The first kappa shape index (κ1) is 11.5. The van der Waals surface area contributed by atoms with Crippen LogP contribution >= 0.6 is 0 Å². The van der Waals surface area contributed by atoms with Crippen LogP contribution in [0.25, 0.3) is 0 Å². The molecule has 2 aliphatic carbocycles. The van der Waals surface area contributed by atoms with E-state index in [-0.39, 0.29) is 5.54 Å². The summed E-state index contributed by atoms with van der Waals surface area (Å²) < 4.78 is 5.37. The van der Waals surface area contributed by atoms with E-state index in [1.807, 2.05) is 0 Å². The summed E-state index contributed by atoms with van der Waals surface area (Å²) in [5.74, 6) is 0.580. The van der Waals surface area contributed by atoms with Gasteiger partial charge in [0.1, 0.15) is 5.54 Å². The van der Waals surface area contributed by atoms with Crippen LogP contribution in [0.5, 0.6) is 0 Å². The van der Waals surface area contributed by atoms with Gasteiger partial charge in [0.05, 0.1) is 19.3 Å². The van der Waals surface area contributed by atoms with E-state index in [4.69, 9.17) is 4.74 Å². The minimum atomic E-state index is -0.279. The van der Waals surface area contributed by atoms with Gasteiger partial charge in [0.15, 0.2) is 0 Å². The molecule has 0 radical (unpaired) electrons. The molecule has 3 rings (SSSR count). The largest absolute Gasteiger partial charge is 0.379 e. The summed E-state index contributed by atoms with van der Waals surface area (Å²) >= 11 is 0. The summed E-state index contributed by atoms with van der Waals surface area (Å²) in [4.78, 5) is 2.39. The number of hydrogen-bond acceptors (Lipinski definition) is 4. The fourth-order valence-electron chi connectivity index (χ4n) is 2.73. The molecule has 0 bridgehead atoms. The lowest BCUT2D eigenvalue weighted by molar-refractivity contribution is 0.0265. The number of nitrogens with zero attached hydrogens (tertiary/aromatic N) is 2. The SMILES string of the molecule is N#CC(CN1CCOCC1)(NC1CC1)C1CC1. The van der Waals surface area contributed by atoms with Crippen molar-refractivity contribution in [2.75, 3.05) is 32.8 Å². The number of nitriles is 1. The van der Waals surface area contributed by atoms with E-state index in [1.165, 1.54) is 25.7 Å². The number of morpholine rings is 1. The van der Waals surface area contributed by atoms with Crippen molar-refractivity contribution < 1.29 is 4.74 Å². The van der Waals surface area contributed by atoms with Gasteiger partial charge in [-0.25, -0.2) is 0 Å². The Labute approximate surface area is 103 Å². The number of rotatable bonds is 5. The molecule has 3 aliphatic rings. The first-order chi connectivity index (χ1) is 8.32. The summed E-state index contributed by atoms with van der Waals surface area (Å²) in [6, 6.07) is 3.21. The van der Waals surface area contributed by atoms with Crippen LogP contribution < -0.4 is 5.32 Å². The highest BCUT2D eigenvalue weighted by molar-refractivity contribution is 5.18. The van der Waals surface area contributed by atoms with Crippen LogP contribution in [0.1, 0.15) is 25.7 Å². The highest BCUT2D eigenvalue weighted by atomic mass is 16.5. The zero-order valence-corrected chi connectivity index (χ0v) is 10.3. The molecule has 2 saturated carbocycles. The van der Waals surface area contributed by atoms with Gasteiger partial charge in [-0.15, -0.1) is 0 Å². The average Bonchev–Trinajstić information content (AvgIpc) is 3.22. The Morgan fingerprint density at radius 3 is 2.47 bits per heavy atom. The third-order valence-corrected chi connectivity index (χ3v) is 4.09. The highest BCUT2D eigenvalue weighted by Gasteiger charge is 2.49. The molecule has 0 amide bonds. The summed E-state index contributed by atoms with van der Waals surface area (Å²) in [7, 11) is 0. The number of nitrogens with one attached hydrogen (secondary N) is 1. The van der Waals surface area contributed by atoms with Gasteiger partial charge < -0.3 is 4.74 Å². The molecule has 4 nitrogen and oxygen atoms in total. The van der Waals surface area contributed by atoms with Crippen LogP contribution in [-0.2, 0) is 4.74 Å². The Morgan fingerprint density at radius 2 is 1.94 bits per heavy atom. The summed E-state index contributed by atoms with van der Waals surface area (Å²) in [6.07, 6.45) is 4.94. The first-order valence-electron chi connectivity index (χ1n) is 6.81. The van der Waals surface area contributed by atoms with Crippen molar-refractivity contribution in [1.29, 1.82) is 5.26 Å². The van der Waals surface area contributed by atoms with E-state index < -0.39 is 0 Å². The Morgan fingerprint density at radius 1 is 1.24 bits per heavy atom. The number of ether oxygens (including phenoxy) is 1. The van der Waals surface area contributed by atoms with Gasteiger partial charge in [-0.2, -0.15) is 5.26 Å².